The fraction of sp³-hybridized carbons (Fsp3) is 0.231. The molecule has 0 amide bonds. The van der Waals surface area contributed by atoms with Crippen molar-refractivity contribution < 1.29 is 5.11 Å². The van der Waals surface area contributed by atoms with Gasteiger partial charge in [0.05, 0.1) is 6.61 Å². The number of aliphatic hydroxyl groups is 1. The summed E-state index contributed by atoms with van der Waals surface area (Å²) in [6.07, 6.45) is 0. The van der Waals surface area contributed by atoms with Gasteiger partial charge in [-0.2, -0.15) is 0 Å². The molecule has 0 unspecified atom stereocenters. The van der Waals surface area contributed by atoms with Crippen molar-refractivity contribution in [2.45, 2.75) is 20.5 Å². The van der Waals surface area contributed by atoms with Gasteiger partial charge in [-0.05, 0) is 37.1 Å². The average Bonchev–Trinajstić information content (AvgIpc) is 2.66. The van der Waals surface area contributed by atoms with Gasteiger partial charge in [-0.1, -0.05) is 23.8 Å². The Bertz CT molecular complexity index is 471. The molecule has 0 aliphatic carbocycles. The molecule has 1 N–H and O–H groups in total. The molecule has 0 bridgehead atoms. The minimum Gasteiger partial charge on any atom is -0.391 e. The van der Waals surface area contributed by atoms with Gasteiger partial charge in [0.25, 0.3) is 0 Å². The summed E-state index contributed by atoms with van der Waals surface area (Å²) in [5, 5.41) is 9.02. The lowest BCUT2D eigenvalue weighted by Crippen LogP contribution is -1.81. The van der Waals surface area contributed by atoms with Gasteiger partial charge in [0.15, 0.2) is 0 Å². The van der Waals surface area contributed by atoms with Gasteiger partial charge in [-0.25, -0.2) is 0 Å². The molecule has 0 saturated carbocycles. The zero-order valence-corrected chi connectivity index (χ0v) is 9.77. The summed E-state index contributed by atoms with van der Waals surface area (Å²) in [5.41, 5.74) is 3.85. The van der Waals surface area contributed by atoms with E-state index in [1.165, 1.54) is 21.6 Å². The first-order chi connectivity index (χ1) is 7.20. The van der Waals surface area contributed by atoms with Crippen LogP contribution in [0, 0.1) is 13.8 Å². The first-order valence-corrected chi connectivity index (χ1v) is 5.79. The van der Waals surface area contributed by atoms with E-state index >= 15 is 0 Å². The van der Waals surface area contributed by atoms with Gasteiger partial charge in [0.2, 0.25) is 0 Å². The highest BCUT2D eigenvalue weighted by Crippen LogP contribution is 2.30. The molecule has 2 aromatic rings. The maximum absolute atomic E-state index is 9.02. The highest BCUT2D eigenvalue weighted by atomic mass is 32.1. The van der Waals surface area contributed by atoms with Crippen molar-refractivity contribution in [2.24, 2.45) is 0 Å². The van der Waals surface area contributed by atoms with E-state index in [0.29, 0.717) is 0 Å². The molecule has 0 spiro atoms. The smallest absolute Gasteiger partial charge is 0.0774 e. The molecule has 1 aromatic carbocycles. The summed E-state index contributed by atoms with van der Waals surface area (Å²) in [6.45, 7) is 4.36. The van der Waals surface area contributed by atoms with E-state index in [0.717, 1.165) is 4.88 Å². The second kappa shape index (κ2) is 4.17. The van der Waals surface area contributed by atoms with E-state index in [-0.39, 0.29) is 6.61 Å². The lowest BCUT2D eigenvalue weighted by Gasteiger charge is -2.03. The van der Waals surface area contributed by atoms with Crippen molar-refractivity contribution in [1.82, 2.24) is 0 Å². The van der Waals surface area contributed by atoms with E-state index in [9.17, 15) is 0 Å². The third-order valence-corrected chi connectivity index (χ3v) is 3.57. The minimum atomic E-state index is 0.134. The van der Waals surface area contributed by atoms with Crippen LogP contribution in [0.25, 0.3) is 10.4 Å². The maximum Gasteiger partial charge on any atom is 0.0774 e. The number of rotatable bonds is 2. The van der Waals surface area contributed by atoms with Crippen LogP contribution in [0.1, 0.15) is 16.0 Å². The van der Waals surface area contributed by atoms with Crippen LogP contribution in [0.15, 0.2) is 30.3 Å². The third-order valence-electron chi connectivity index (χ3n) is 2.46. The molecular formula is C13H14OS. The van der Waals surface area contributed by atoms with Crippen LogP contribution in [0.4, 0.5) is 0 Å². The van der Waals surface area contributed by atoms with Crippen molar-refractivity contribution in [3.63, 3.8) is 0 Å². The summed E-state index contributed by atoms with van der Waals surface area (Å²) >= 11 is 1.66. The Labute approximate surface area is 94.0 Å². The number of hydrogen-bond acceptors (Lipinski definition) is 2. The molecule has 0 fully saturated rings. The molecule has 2 heteroatoms. The Morgan fingerprint density at radius 3 is 2.53 bits per heavy atom. The molecule has 1 aromatic heterocycles. The van der Waals surface area contributed by atoms with Gasteiger partial charge in [-0.15, -0.1) is 11.3 Å². The number of hydrogen-bond donors (Lipinski definition) is 1. The highest BCUT2D eigenvalue weighted by Gasteiger charge is 2.04. The van der Waals surface area contributed by atoms with Crippen LogP contribution in [-0.2, 0) is 6.61 Å². The lowest BCUT2D eigenvalue weighted by molar-refractivity contribution is 0.285. The SMILES string of the molecule is Cc1ccc(-c2ccc(CO)s2)c(C)c1. The van der Waals surface area contributed by atoms with Crippen molar-refractivity contribution in [2.75, 3.05) is 0 Å². The predicted octanol–water partition coefficient (Wildman–Crippen LogP) is 3.52. The van der Waals surface area contributed by atoms with Crippen molar-refractivity contribution >= 4 is 11.3 Å². The van der Waals surface area contributed by atoms with E-state index in [1.807, 2.05) is 6.07 Å². The summed E-state index contributed by atoms with van der Waals surface area (Å²) in [5.74, 6) is 0. The van der Waals surface area contributed by atoms with Crippen LogP contribution in [0.3, 0.4) is 0 Å². The molecule has 15 heavy (non-hydrogen) atoms. The Kier molecular flexibility index (Phi) is 2.89. The van der Waals surface area contributed by atoms with Crippen molar-refractivity contribution in [3.05, 3.63) is 46.3 Å². The standard InChI is InChI=1S/C13H14OS/c1-9-3-5-12(10(2)7-9)13-6-4-11(8-14)15-13/h3-7,14H,8H2,1-2H3. The number of benzene rings is 1. The average molecular weight is 218 g/mol. The summed E-state index contributed by atoms with van der Waals surface area (Å²) in [6, 6.07) is 10.5. The van der Waals surface area contributed by atoms with Gasteiger partial charge >= 0.3 is 0 Å². The minimum absolute atomic E-state index is 0.134. The molecule has 0 aliphatic heterocycles. The Hall–Kier alpha value is -1.12. The fourth-order valence-corrected chi connectivity index (χ4v) is 2.66. The highest BCUT2D eigenvalue weighted by molar-refractivity contribution is 7.15. The van der Waals surface area contributed by atoms with Crippen molar-refractivity contribution in [1.29, 1.82) is 0 Å². The summed E-state index contributed by atoms with van der Waals surface area (Å²) in [4.78, 5) is 2.25. The van der Waals surface area contributed by atoms with Gasteiger partial charge in [0, 0.05) is 9.75 Å². The second-order valence-corrected chi connectivity index (χ2v) is 4.91. The summed E-state index contributed by atoms with van der Waals surface area (Å²) < 4.78 is 0. The zero-order chi connectivity index (χ0) is 10.8. The number of aryl methyl sites for hydroxylation is 2. The Morgan fingerprint density at radius 1 is 1.13 bits per heavy atom. The fourth-order valence-electron chi connectivity index (χ4n) is 1.70. The Balaban J connectivity index is 2.44. The van der Waals surface area contributed by atoms with E-state index in [1.54, 1.807) is 11.3 Å². The zero-order valence-electron chi connectivity index (χ0n) is 8.95. The van der Waals surface area contributed by atoms with Crippen molar-refractivity contribution in [3.8, 4) is 10.4 Å². The molecule has 0 atom stereocenters. The van der Waals surface area contributed by atoms with Crippen LogP contribution >= 0.6 is 11.3 Å². The molecular weight excluding hydrogens is 204 g/mol. The molecule has 78 valence electrons. The number of aliphatic hydroxyl groups excluding tert-OH is 1. The first kappa shape index (κ1) is 10.4. The molecule has 0 saturated heterocycles. The normalized spacial score (nSPS) is 10.6. The monoisotopic (exact) mass is 218 g/mol. The molecule has 2 rings (SSSR count). The first-order valence-electron chi connectivity index (χ1n) is 4.98. The van der Waals surface area contributed by atoms with Gasteiger partial charge < -0.3 is 5.11 Å². The topological polar surface area (TPSA) is 20.2 Å². The lowest BCUT2D eigenvalue weighted by atomic mass is 10.0. The van der Waals surface area contributed by atoms with Crippen LogP contribution in [-0.4, -0.2) is 5.11 Å². The Morgan fingerprint density at radius 2 is 1.93 bits per heavy atom. The van der Waals surface area contributed by atoms with Crippen LogP contribution < -0.4 is 0 Å². The van der Waals surface area contributed by atoms with Gasteiger partial charge in [-0.3, -0.25) is 0 Å². The van der Waals surface area contributed by atoms with E-state index < -0.39 is 0 Å². The second-order valence-electron chi connectivity index (χ2n) is 3.74. The molecule has 0 radical (unpaired) electrons. The molecule has 1 nitrogen and oxygen atoms in total. The van der Waals surface area contributed by atoms with E-state index in [4.69, 9.17) is 5.11 Å². The maximum atomic E-state index is 9.02. The number of thiophene rings is 1. The molecule has 0 aliphatic rings. The quantitative estimate of drug-likeness (QED) is 0.817. The van der Waals surface area contributed by atoms with Gasteiger partial charge in [0.1, 0.15) is 0 Å². The largest absolute Gasteiger partial charge is 0.391 e. The third kappa shape index (κ3) is 2.11. The van der Waals surface area contributed by atoms with Crippen LogP contribution in [0.2, 0.25) is 0 Å². The summed E-state index contributed by atoms with van der Waals surface area (Å²) in [7, 11) is 0. The predicted molar refractivity (Wildman–Crippen MR) is 65.2 cm³/mol. The van der Waals surface area contributed by atoms with E-state index in [2.05, 4.69) is 38.1 Å². The van der Waals surface area contributed by atoms with Crippen LogP contribution in [0.5, 0.6) is 0 Å². The molecule has 1 heterocycles.